The molecule has 2 N–H and O–H groups in total. The molecule has 0 saturated heterocycles. The number of nitrogens with one attached hydrogen (secondary N) is 1. The number of halogens is 1. The zero-order valence-electron chi connectivity index (χ0n) is 10.2. The van der Waals surface area contributed by atoms with E-state index in [0.29, 0.717) is 17.9 Å². The molecule has 1 aromatic rings. The Morgan fingerprint density at radius 2 is 2.18 bits per heavy atom. The van der Waals surface area contributed by atoms with E-state index >= 15 is 0 Å². The lowest BCUT2D eigenvalue weighted by Gasteiger charge is -2.25. The highest BCUT2D eigenvalue weighted by Gasteiger charge is 2.19. The summed E-state index contributed by atoms with van der Waals surface area (Å²) in [4.78, 5) is 11.8. The monoisotopic (exact) mass is 255 g/mol. The van der Waals surface area contributed by atoms with Crippen LogP contribution in [0.3, 0.4) is 0 Å². The predicted molar refractivity (Wildman–Crippen MR) is 69.1 cm³/mol. The summed E-state index contributed by atoms with van der Waals surface area (Å²) in [5.41, 5.74) is 0.500. The van der Waals surface area contributed by atoms with Crippen LogP contribution < -0.4 is 5.32 Å². The normalized spacial score (nSPS) is 11.3. The van der Waals surface area contributed by atoms with Gasteiger partial charge in [-0.25, -0.2) is 0 Å². The first kappa shape index (κ1) is 14.0. The molecule has 0 saturated carbocycles. The van der Waals surface area contributed by atoms with Gasteiger partial charge in [0.05, 0.1) is 6.42 Å². The van der Waals surface area contributed by atoms with Crippen LogP contribution >= 0.6 is 11.6 Å². The van der Waals surface area contributed by atoms with Crippen LogP contribution in [0, 0.1) is 0 Å². The smallest absolute Gasteiger partial charge is 0.224 e. The summed E-state index contributed by atoms with van der Waals surface area (Å²) in [6.07, 6.45) is 0.837. The summed E-state index contributed by atoms with van der Waals surface area (Å²) in [7, 11) is 0. The molecule has 0 aromatic heterocycles. The van der Waals surface area contributed by atoms with Crippen molar-refractivity contribution in [3.05, 3.63) is 34.9 Å². The molecule has 0 aliphatic carbocycles. The van der Waals surface area contributed by atoms with E-state index in [-0.39, 0.29) is 18.1 Å². The highest BCUT2D eigenvalue weighted by atomic mass is 35.5. The van der Waals surface area contributed by atoms with Crippen LogP contribution in [0.1, 0.15) is 25.8 Å². The number of benzene rings is 1. The third-order valence-electron chi connectivity index (χ3n) is 2.47. The molecule has 0 radical (unpaired) electrons. The number of carbonyl (C=O) groups is 1. The molecule has 4 heteroatoms. The number of aliphatic hydroxyl groups excluding tert-OH is 1. The van der Waals surface area contributed by atoms with E-state index in [0.717, 1.165) is 5.56 Å². The van der Waals surface area contributed by atoms with Crippen molar-refractivity contribution in [1.82, 2.24) is 5.32 Å². The molecule has 0 aliphatic heterocycles. The van der Waals surface area contributed by atoms with E-state index < -0.39 is 0 Å². The summed E-state index contributed by atoms with van der Waals surface area (Å²) in [5.74, 6) is -0.0642. The van der Waals surface area contributed by atoms with E-state index in [2.05, 4.69) is 5.32 Å². The summed E-state index contributed by atoms with van der Waals surface area (Å²) in [6.45, 7) is 3.84. The average Bonchev–Trinajstić information content (AvgIpc) is 2.15. The summed E-state index contributed by atoms with van der Waals surface area (Å²) >= 11 is 5.85. The molecule has 94 valence electrons. The Hall–Kier alpha value is -1.06. The molecule has 0 spiro atoms. The Labute approximate surface area is 107 Å². The van der Waals surface area contributed by atoms with Crippen molar-refractivity contribution < 1.29 is 9.90 Å². The number of hydrogen-bond donors (Lipinski definition) is 2. The van der Waals surface area contributed by atoms with Crippen LogP contribution in [0.15, 0.2) is 24.3 Å². The fourth-order valence-electron chi connectivity index (χ4n) is 1.60. The van der Waals surface area contributed by atoms with Crippen molar-refractivity contribution >= 4 is 17.5 Å². The predicted octanol–water partition coefficient (Wildman–Crippen LogP) is 2.16. The zero-order valence-corrected chi connectivity index (χ0v) is 10.9. The number of hydrogen-bond acceptors (Lipinski definition) is 2. The lowest BCUT2D eigenvalue weighted by Crippen LogP contribution is -2.44. The molecule has 1 rings (SSSR count). The first-order chi connectivity index (χ1) is 7.93. The minimum atomic E-state index is -0.385. The maximum absolute atomic E-state index is 11.8. The molecule has 0 aliphatic rings. The summed E-state index contributed by atoms with van der Waals surface area (Å²) in [5, 5.41) is 12.4. The second kappa shape index (κ2) is 6.03. The van der Waals surface area contributed by atoms with Crippen molar-refractivity contribution in [1.29, 1.82) is 0 Å². The average molecular weight is 256 g/mol. The van der Waals surface area contributed by atoms with E-state index in [1.165, 1.54) is 0 Å². The topological polar surface area (TPSA) is 49.3 Å². The van der Waals surface area contributed by atoms with Gasteiger partial charge in [0.25, 0.3) is 0 Å². The molecule has 3 nitrogen and oxygen atoms in total. The summed E-state index contributed by atoms with van der Waals surface area (Å²) in [6, 6.07) is 7.24. The van der Waals surface area contributed by atoms with Gasteiger partial charge in [-0.2, -0.15) is 0 Å². The largest absolute Gasteiger partial charge is 0.396 e. The van der Waals surface area contributed by atoms with Crippen LogP contribution in [-0.2, 0) is 11.2 Å². The van der Waals surface area contributed by atoms with Crippen molar-refractivity contribution in [2.45, 2.75) is 32.2 Å². The van der Waals surface area contributed by atoms with Crippen LogP contribution in [0.25, 0.3) is 0 Å². The van der Waals surface area contributed by atoms with Gasteiger partial charge >= 0.3 is 0 Å². The molecule has 17 heavy (non-hydrogen) atoms. The third-order valence-corrected chi connectivity index (χ3v) is 2.70. The van der Waals surface area contributed by atoms with Gasteiger partial charge in [-0.1, -0.05) is 23.7 Å². The Morgan fingerprint density at radius 3 is 2.76 bits per heavy atom. The Morgan fingerprint density at radius 1 is 1.47 bits per heavy atom. The van der Waals surface area contributed by atoms with Crippen molar-refractivity contribution in [3.8, 4) is 0 Å². The lowest BCUT2D eigenvalue weighted by molar-refractivity contribution is -0.122. The van der Waals surface area contributed by atoms with Gasteiger partial charge in [-0.15, -0.1) is 0 Å². The molecule has 1 amide bonds. The van der Waals surface area contributed by atoms with Gasteiger partial charge in [0.15, 0.2) is 0 Å². The van der Waals surface area contributed by atoms with Gasteiger partial charge in [-0.3, -0.25) is 4.79 Å². The first-order valence-electron chi connectivity index (χ1n) is 5.59. The van der Waals surface area contributed by atoms with E-state index in [4.69, 9.17) is 16.7 Å². The van der Waals surface area contributed by atoms with Gasteiger partial charge in [0.1, 0.15) is 0 Å². The van der Waals surface area contributed by atoms with Gasteiger partial charge in [0, 0.05) is 17.2 Å². The molecule has 1 aromatic carbocycles. The standard InChI is InChI=1S/C13H18ClNO2/c1-13(2,6-7-16)15-12(17)9-10-4-3-5-11(14)8-10/h3-5,8,16H,6-7,9H2,1-2H3,(H,15,17). The maximum Gasteiger partial charge on any atom is 0.224 e. The second-order valence-corrected chi connectivity index (χ2v) is 5.15. The first-order valence-corrected chi connectivity index (χ1v) is 5.97. The lowest BCUT2D eigenvalue weighted by atomic mass is 10.0. The minimum Gasteiger partial charge on any atom is -0.396 e. The fraction of sp³-hybridized carbons (Fsp3) is 0.462. The second-order valence-electron chi connectivity index (χ2n) is 4.71. The minimum absolute atomic E-state index is 0.0600. The highest BCUT2D eigenvalue weighted by molar-refractivity contribution is 6.30. The zero-order chi connectivity index (χ0) is 12.9. The summed E-state index contributed by atoms with van der Waals surface area (Å²) < 4.78 is 0. The molecule has 0 fully saturated rings. The van der Waals surface area contributed by atoms with Crippen LogP contribution in [0.5, 0.6) is 0 Å². The Balaban J connectivity index is 2.55. The quantitative estimate of drug-likeness (QED) is 0.847. The number of amides is 1. The maximum atomic E-state index is 11.8. The molecular weight excluding hydrogens is 238 g/mol. The van der Waals surface area contributed by atoms with E-state index in [9.17, 15) is 4.79 Å². The molecule has 0 atom stereocenters. The van der Waals surface area contributed by atoms with Crippen molar-refractivity contribution in [2.24, 2.45) is 0 Å². The highest BCUT2D eigenvalue weighted by Crippen LogP contribution is 2.12. The van der Waals surface area contributed by atoms with E-state index in [1.54, 1.807) is 12.1 Å². The Kier molecular flexibility index (Phi) is 4.97. The fourth-order valence-corrected chi connectivity index (χ4v) is 1.81. The van der Waals surface area contributed by atoms with Crippen molar-refractivity contribution in [2.75, 3.05) is 6.61 Å². The van der Waals surface area contributed by atoms with Gasteiger partial charge in [0.2, 0.25) is 5.91 Å². The number of rotatable bonds is 5. The molecule has 0 heterocycles. The Bertz CT molecular complexity index is 391. The number of aliphatic hydroxyl groups is 1. The van der Waals surface area contributed by atoms with Gasteiger partial charge < -0.3 is 10.4 Å². The molecule has 0 bridgehead atoms. The van der Waals surface area contributed by atoms with Crippen LogP contribution in [0.4, 0.5) is 0 Å². The van der Waals surface area contributed by atoms with Crippen LogP contribution in [-0.4, -0.2) is 23.2 Å². The number of carbonyl (C=O) groups excluding carboxylic acids is 1. The van der Waals surface area contributed by atoms with Crippen LogP contribution in [0.2, 0.25) is 5.02 Å². The SMILES string of the molecule is CC(C)(CCO)NC(=O)Cc1cccc(Cl)c1. The third kappa shape index (κ3) is 5.20. The van der Waals surface area contributed by atoms with Gasteiger partial charge in [-0.05, 0) is 38.0 Å². The molecular formula is C13H18ClNO2. The molecule has 0 unspecified atom stereocenters. The van der Waals surface area contributed by atoms with E-state index in [1.807, 2.05) is 26.0 Å². The van der Waals surface area contributed by atoms with Crippen molar-refractivity contribution in [3.63, 3.8) is 0 Å².